The summed E-state index contributed by atoms with van der Waals surface area (Å²) in [6.07, 6.45) is -3.90. The number of carbonyl (C=O) groups excluding carboxylic acids is 1. The minimum Gasteiger partial charge on any atom is -0.465 e. The third-order valence-electron chi connectivity index (χ3n) is 3.80. The Morgan fingerprint density at radius 1 is 1.19 bits per heavy atom. The second-order valence-corrected chi connectivity index (χ2v) is 7.58. The van der Waals surface area contributed by atoms with Crippen molar-refractivity contribution in [3.63, 3.8) is 0 Å². The highest BCUT2D eigenvalue weighted by Gasteiger charge is 2.31. The number of ether oxygens (including phenoxy) is 1. The summed E-state index contributed by atoms with van der Waals surface area (Å²) < 4.78 is 44.0. The van der Waals surface area contributed by atoms with Crippen LogP contribution < -0.4 is 0 Å². The molecule has 140 valence electrons. The Morgan fingerprint density at radius 3 is 2.52 bits per heavy atom. The molecule has 3 nitrogen and oxygen atoms in total. The van der Waals surface area contributed by atoms with Gasteiger partial charge in [-0.1, -0.05) is 28.1 Å². The number of carbonyl (C=O) groups is 1. The molecule has 0 bridgehead atoms. The van der Waals surface area contributed by atoms with Gasteiger partial charge in [0.1, 0.15) is 0 Å². The van der Waals surface area contributed by atoms with Crippen molar-refractivity contribution in [2.24, 2.45) is 0 Å². The molecule has 0 saturated heterocycles. The van der Waals surface area contributed by atoms with E-state index in [4.69, 9.17) is 0 Å². The second-order valence-electron chi connectivity index (χ2n) is 5.72. The van der Waals surface area contributed by atoms with Crippen molar-refractivity contribution < 1.29 is 22.7 Å². The number of alkyl halides is 3. The Kier molecular flexibility index (Phi) is 5.67. The van der Waals surface area contributed by atoms with Gasteiger partial charge in [0.25, 0.3) is 0 Å². The largest absolute Gasteiger partial charge is 0.465 e. The van der Waals surface area contributed by atoms with Crippen molar-refractivity contribution in [3.8, 4) is 11.3 Å². The van der Waals surface area contributed by atoms with E-state index in [-0.39, 0.29) is 0 Å². The van der Waals surface area contributed by atoms with Gasteiger partial charge in [0.15, 0.2) is 0 Å². The van der Waals surface area contributed by atoms with Crippen molar-refractivity contribution in [2.75, 3.05) is 7.11 Å². The van der Waals surface area contributed by atoms with Crippen molar-refractivity contribution in [2.45, 2.75) is 12.6 Å². The zero-order valence-corrected chi connectivity index (χ0v) is 16.4. The van der Waals surface area contributed by atoms with Crippen LogP contribution in [0.3, 0.4) is 0 Å². The second kappa shape index (κ2) is 7.82. The first-order valence-electron chi connectivity index (χ1n) is 7.76. The number of methoxy groups -OCH3 is 1. The van der Waals surface area contributed by atoms with E-state index in [1.54, 1.807) is 35.7 Å². The fraction of sp³-hybridized carbons (Fsp3) is 0.158. The van der Waals surface area contributed by atoms with E-state index in [0.29, 0.717) is 27.7 Å². The molecule has 27 heavy (non-hydrogen) atoms. The molecule has 0 aliphatic rings. The summed E-state index contributed by atoms with van der Waals surface area (Å²) in [5.41, 5.74) is 1.57. The van der Waals surface area contributed by atoms with E-state index >= 15 is 0 Å². The Hall–Kier alpha value is -2.19. The lowest BCUT2D eigenvalue weighted by Gasteiger charge is -2.09. The summed E-state index contributed by atoms with van der Waals surface area (Å²) in [6.45, 7) is 0. The zero-order valence-electron chi connectivity index (χ0n) is 14.0. The molecule has 0 fully saturated rings. The van der Waals surface area contributed by atoms with Crippen LogP contribution in [0.1, 0.15) is 26.5 Å². The van der Waals surface area contributed by atoms with Gasteiger partial charge in [0.05, 0.1) is 28.9 Å². The molecule has 1 heterocycles. The van der Waals surface area contributed by atoms with Crippen LogP contribution in [0.15, 0.2) is 52.3 Å². The molecule has 0 unspecified atom stereocenters. The third-order valence-corrected chi connectivity index (χ3v) is 5.11. The third kappa shape index (κ3) is 4.75. The number of hydrogen-bond donors (Lipinski definition) is 0. The van der Waals surface area contributed by atoms with E-state index in [9.17, 15) is 18.0 Å². The molecule has 0 saturated carbocycles. The van der Waals surface area contributed by atoms with Gasteiger partial charge >= 0.3 is 12.1 Å². The SMILES string of the molecule is COC(=O)c1ccc(Cc2nc(-c3cc(Br)cc(C(F)(F)F)c3)cs2)cc1. The first kappa shape index (κ1) is 19.6. The standard InChI is InChI=1S/C19H13BrF3NO2S/c1-26-18(25)12-4-2-11(3-5-12)6-17-24-16(10-27-17)13-7-14(19(21,22)23)9-15(20)8-13/h2-5,7-10H,6H2,1H3. The number of nitrogens with zero attached hydrogens (tertiary/aromatic N) is 1. The van der Waals surface area contributed by atoms with Gasteiger partial charge in [-0.05, 0) is 35.9 Å². The lowest BCUT2D eigenvalue weighted by molar-refractivity contribution is -0.137. The fourth-order valence-corrected chi connectivity index (χ4v) is 3.81. The van der Waals surface area contributed by atoms with Gasteiger partial charge < -0.3 is 4.74 Å². The van der Waals surface area contributed by atoms with Crippen LogP contribution in [-0.4, -0.2) is 18.1 Å². The van der Waals surface area contributed by atoms with Crippen molar-refractivity contribution >= 4 is 33.2 Å². The van der Waals surface area contributed by atoms with E-state index in [0.717, 1.165) is 22.7 Å². The minimum atomic E-state index is -4.42. The van der Waals surface area contributed by atoms with E-state index in [1.807, 2.05) is 0 Å². The normalized spacial score (nSPS) is 11.4. The summed E-state index contributed by atoms with van der Waals surface area (Å²) in [7, 11) is 1.32. The summed E-state index contributed by atoms with van der Waals surface area (Å²) in [4.78, 5) is 15.9. The number of halogens is 4. The van der Waals surface area contributed by atoms with Crippen LogP contribution in [0.4, 0.5) is 13.2 Å². The van der Waals surface area contributed by atoms with Gasteiger partial charge in [-0.3, -0.25) is 0 Å². The average molecular weight is 456 g/mol. The van der Waals surface area contributed by atoms with Gasteiger partial charge in [0.2, 0.25) is 0 Å². The first-order valence-corrected chi connectivity index (χ1v) is 9.43. The molecule has 0 amide bonds. The molecule has 0 aliphatic heterocycles. The molecule has 0 radical (unpaired) electrons. The molecule has 3 rings (SSSR count). The summed E-state index contributed by atoms with van der Waals surface area (Å²) in [5, 5.41) is 2.50. The molecule has 0 spiro atoms. The predicted octanol–water partition coefficient (Wildman–Crippen LogP) is 5.97. The molecular weight excluding hydrogens is 443 g/mol. The van der Waals surface area contributed by atoms with Gasteiger partial charge in [-0.25, -0.2) is 9.78 Å². The van der Waals surface area contributed by atoms with Gasteiger partial charge in [-0.15, -0.1) is 11.3 Å². The molecule has 2 aromatic carbocycles. The van der Waals surface area contributed by atoms with Crippen LogP contribution >= 0.6 is 27.3 Å². The number of esters is 1. The van der Waals surface area contributed by atoms with Gasteiger partial charge in [-0.2, -0.15) is 13.2 Å². The Labute approximate surface area is 166 Å². The van der Waals surface area contributed by atoms with Crippen LogP contribution in [0.2, 0.25) is 0 Å². The van der Waals surface area contributed by atoms with Crippen molar-refractivity contribution in [3.05, 3.63) is 74.0 Å². The molecular formula is C19H13BrF3NO2S. The smallest absolute Gasteiger partial charge is 0.416 e. The predicted molar refractivity (Wildman–Crippen MR) is 101 cm³/mol. The average Bonchev–Trinajstić information content (AvgIpc) is 3.09. The maximum atomic E-state index is 13.0. The van der Waals surface area contributed by atoms with Crippen molar-refractivity contribution in [1.29, 1.82) is 0 Å². The molecule has 0 aliphatic carbocycles. The Bertz CT molecular complexity index is 968. The van der Waals surface area contributed by atoms with Crippen LogP contribution in [-0.2, 0) is 17.3 Å². The Balaban J connectivity index is 1.81. The maximum Gasteiger partial charge on any atom is 0.416 e. The fourth-order valence-electron chi connectivity index (χ4n) is 2.48. The summed E-state index contributed by atoms with van der Waals surface area (Å²) in [5.74, 6) is -0.409. The molecule has 3 aromatic rings. The Morgan fingerprint density at radius 2 is 1.89 bits per heavy atom. The highest BCUT2D eigenvalue weighted by atomic mass is 79.9. The van der Waals surface area contributed by atoms with Crippen LogP contribution in [0.25, 0.3) is 11.3 Å². The quantitative estimate of drug-likeness (QED) is 0.455. The molecule has 0 N–H and O–H groups in total. The zero-order chi connectivity index (χ0) is 19.6. The minimum absolute atomic E-state index is 0.347. The lowest BCUT2D eigenvalue weighted by atomic mass is 10.1. The molecule has 0 atom stereocenters. The maximum absolute atomic E-state index is 13.0. The highest BCUT2D eigenvalue weighted by Crippen LogP contribution is 2.35. The molecule has 8 heteroatoms. The number of thiazole rings is 1. The van der Waals surface area contributed by atoms with E-state index in [1.165, 1.54) is 18.4 Å². The van der Waals surface area contributed by atoms with Crippen LogP contribution in [0.5, 0.6) is 0 Å². The summed E-state index contributed by atoms with van der Waals surface area (Å²) in [6, 6.07) is 10.7. The number of rotatable bonds is 4. The number of benzene rings is 2. The molecule has 1 aromatic heterocycles. The monoisotopic (exact) mass is 455 g/mol. The number of hydrogen-bond acceptors (Lipinski definition) is 4. The number of aromatic nitrogens is 1. The highest BCUT2D eigenvalue weighted by molar-refractivity contribution is 9.10. The van der Waals surface area contributed by atoms with Crippen molar-refractivity contribution in [1.82, 2.24) is 4.98 Å². The van der Waals surface area contributed by atoms with E-state index < -0.39 is 17.7 Å². The van der Waals surface area contributed by atoms with Crippen LogP contribution in [0, 0.1) is 0 Å². The summed E-state index contributed by atoms with van der Waals surface area (Å²) >= 11 is 4.50. The van der Waals surface area contributed by atoms with Gasteiger partial charge in [0, 0.05) is 21.8 Å². The van der Waals surface area contributed by atoms with E-state index in [2.05, 4.69) is 25.7 Å². The lowest BCUT2D eigenvalue weighted by Crippen LogP contribution is -2.05. The topological polar surface area (TPSA) is 39.2 Å². The first-order chi connectivity index (χ1) is 12.8.